The minimum Gasteiger partial charge on any atom is -0.384 e. The number of unbranched alkanes of at least 4 members (excludes halogenated alkanes) is 3. The van der Waals surface area contributed by atoms with Crippen LogP contribution in [-0.2, 0) is 4.74 Å². The van der Waals surface area contributed by atoms with Crippen LogP contribution in [-0.4, -0.2) is 23.9 Å². The third kappa shape index (κ3) is 5.53. The van der Waals surface area contributed by atoms with Crippen LogP contribution in [0.25, 0.3) is 0 Å². The van der Waals surface area contributed by atoms with Crippen LogP contribution < -0.4 is 0 Å². The minimum absolute atomic E-state index is 0.0545. The Labute approximate surface area is 99.4 Å². The van der Waals surface area contributed by atoms with Crippen molar-refractivity contribution in [1.82, 2.24) is 0 Å². The van der Waals surface area contributed by atoms with Gasteiger partial charge in [-0.15, -0.1) is 0 Å². The fourth-order valence-corrected chi connectivity index (χ4v) is 2.18. The number of rotatable bonds is 5. The third-order valence-corrected chi connectivity index (χ3v) is 3.07. The van der Waals surface area contributed by atoms with Gasteiger partial charge in [0, 0.05) is 0 Å². The zero-order valence-electron chi connectivity index (χ0n) is 10.4. The summed E-state index contributed by atoms with van der Waals surface area (Å²) in [4.78, 5) is 0. The van der Waals surface area contributed by atoms with Crippen molar-refractivity contribution in [2.75, 3.05) is 6.61 Å². The molecule has 0 aromatic heterocycles. The average Bonchev–Trinajstić information content (AvgIpc) is 2.33. The average molecular weight is 224 g/mol. The molecule has 1 fully saturated rings. The van der Waals surface area contributed by atoms with E-state index in [9.17, 15) is 0 Å². The second kappa shape index (κ2) is 8.61. The summed E-state index contributed by atoms with van der Waals surface area (Å²) >= 11 is 0. The molecule has 0 unspecified atom stereocenters. The molecule has 2 nitrogen and oxygen atoms in total. The van der Waals surface area contributed by atoms with Crippen LogP contribution in [0.1, 0.15) is 58.3 Å². The Bertz CT molecular complexity index is 227. The van der Waals surface area contributed by atoms with E-state index in [-0.39, 0.29) is 12.7 Å². The summed E-state index contributed by atoms with van der Waals surface area (Å²) in [6, 6.07) is 0. The Kier molecular flexibility index (Phi) is 7.29. The van der Waals surface area contributed by atoms with Gasteiger partial charge in [0.1, 0.15) is 12.7 Å². The molecule has 2 heteroatoms. The summed E-state index contributed by atoms with van der Waals surface area (Å²) in [6.45, 7) is 2.18. The maximum absolute atomic E-state index is 8.63. The molecular formula is C14H24O2. The Morgan fingerprint density at radius 2 is 2.12 bits per heavy atom. The van der Waals surface area contributed by atoms with Crippen LogP contribution in [0.15, 0.2) is 0 Å². The van der Waals surface area contributed by atoms with E-state index in [1.165, 1.54) is 44.9 Å². The molecule has 92 valence electrons. The van der Waals surface area contributed by atoms with Crippen LogP contribution in [0.4, 0.5) is 0 Å². The molecule has 1 rings (SSSR count). The first-order chi connectivity index (χ1) is 7.86. The minimum atomic E-state index is -0.0545. The van der Waals surface area contributed by atoms with Gasteiger partial charge in [-0.2, -0.15) is 0 Å². The quantitative estimate of drug-likeness (QED) is 0.575. The van der Waals surface area contributed by atoms with Crippen molar-refractivity contribution in [2.45, 2.75) is 70.5 Å². The second-order valence-corrected chi connectivity index (χ2v) is 4.51. The van der Waals surface area contributed by atoms with Gasteiger partial charge in [0.05, 0.1) is 6.10 Å². The predicted molar refractivity (Wildman–Crippen MR) is 66.1 cm³/mol. The molecule has 1 aliphatic rings. The predicted octanol–water partition coefficient (Wildman–Crippen LogP) is 2.89. The van der Waals surface area contributed by atoms with E-state index in [1.54, 1.807) is 0 Å². The van der Waals surface area contributed by atoms with Crippen LogP contribution in [0.2, 0.25) is 0 Å². The zero-order valence-corrected chi connectivity index (χ0v) is 10.4. The third-order valence-electron chi connectivity index (χ3n) is 3.07. The van der Waals surface area contributed by atoms with Gasteiger partial charge in [0.2, 0.25) is 0 Å². The van der Waals surface area contributed by atoms with Gasteiger partial charge in [-0.25, -0.2) is 0 Å². The Morgan fingerprint density at radius 1 is 1.25 bits per heavy atom. The lowest BCUT2D eigenvalue weighted by atomic mass is 9.99. The summed E-state index contributed by atoms with van der Waals surface area (Å²) < 4.78 is 5.88. The van der Waals surface area contributed by atoms with E-state index in [4.69, 9.17) is 9.84 Å². The normalized spacial score (nSPS) is 24.9. The monoisotopic (exact) mass is 224 g/mol. The lowest BCUT2D eigenvalue weighted by Gasteiger charge is -2.27. The molecule has 0 aromatic carbocycles. The topological polar surface area (TPSA) is 29.5 Å². The van der Waals surface area contributed by atoms with Gasteiger partial charge < -0.3 is 9.84 Å². The van der Waals surface area contributed by atoms with E-state index in [1.807, 2.05) is 0 Å². The number of hydrogen-bond acceptors (Lipinski definition) is 2. The van der Waals surface area contributed by atoms with E-state index >= 15 is 0 Å². The molecular weight excluding hydrogens is 200 g/mol. The summed E-state index contributed by atoms with van der Waals surface area (Å²) in [5.74, 6) is 5.68. The first-order valence-electron chi connectivity index (χ1n) is 6.61. The highest BCUT2D eigenvalue weighted by Crippen LogP contribution is 2.22. The molecule has 0 radical (unpaired) electrons. The van der Waals surface area contributed by atoms with Crippen molar-refractivity contribution >= 4 is 0 Å². The number of hydrogen-bond donors (Lipinski definition) is 1. The largest absolute Gasteiger partial charge is 0.384 e. The highest BCUT2D eigenvalue weighted by Gasteiger charge is 2.20. The first-order valence-corrected chi connectivity index (χ1v) is 6.61. The van der Waals surface area contributed by atoms with Gasteiger partial charge in [0.25, 0.3) is 0 Å². The van der Waals surface area contributed by atoms with Crippen molar-refractivity contribution in [3.8, 4) is 11.8 Å². The Morgan fingerprint density at radius 3 is 2.88 bits per heavy atom. The summed E-state index contributed by atoms with van der Waals surface area (Å²) in [5, 5.41) is 8.63. The molecule has 16 heavy (non-hydrogen) atoms. The Balaban J connectivity index is 2.17. The number of aliphatic hydroxyl groups is 1. The van der Waals surface area contributed by atoms with E-state index in [0.717, 1.165) is 6.42 Å². The molecule has 0 aliphatic carbocycles. The van der Waals surface area contributed by atoms with Crippen molar-refractivity contribution in [1.29, 1.82) is 0 Å². The Hall–Kier alpha value is -0.520. The van der Waals surface area contributed by atoms with Crippen LogP contribution in [0, 0.1) is 11.8 Å². The summed E-state index contributed by atoms with van der Waals surface area (Å²) in [5.41, 5.74) is 0. The standard InChI is InChI=1S/C14H24O2/c1-2-3-4-5-8-13-9-6-10-14(16-13)11-7-12-15/h13-15H,2-6,8-10,12H2,1H3/t13-,14-/m1/s1. The van der Waals surface area contributed by atoms with E-state index in [0.29, 0.717) is 6.10 Å². The van der Waals surface area contributed by atoms with Crippen molar-refractivity contribution in [3.05, 3.63) is 0 Å². The summed E-state index contributed by atoms with van der Waals surface area (Å²) in [7, 11) is 0. The number of ether oxygens (including phenoxy) is 1. The molecule has 0 amide bonds. The molecule has 1 saturated heterocycles. The second-order valence-electron chi connectivity index (χ2n) is 4.51. The SMILES string of the molecule is CCCCCC[C@@H]1CCC[C@H](C#CCO)O1. The molecule has 1 N–H and O–H groups in total. The fourth-order valence-electron chi connectivity index (χ4n) is 2.18. The summed E-state index contributed by atoms with van der Waals surface area (Å²) in [6.07, 6.45) is 10.3. The fraction of sp³-hybridized carbons (Fsp3) is 0.857. The molecule has 1 aliphatic heterocycles. The first kappa shape index (κ1) is 13.5. The van der Waals surface area contributed by atoms with Crippen LogP contribution >= 0.6 is 0 Å². The smallest absolute Gasteiger partial charge is 0.118 e. The van der Waals surface area contributed by atoms with Gasteiger partial charge >= 0.3 is 0 Å². The van der Waals surface area contributed by atoms with Crippen molar-refractivity contribution in [3.63, 3.8) is 0 Å². The van der Waals surface area contributed by atoms with E-state index in [2.05, 4.69) is 18.8 Å². The lowest BCUT2D eigenvalue weighted by molar-refractivity contribution is -0.0254. The number of aliphatic hydroxyl groups excluding tert-OH is 1. The highest BCUT2D eigenvalue weighted by molar-refractivity contribution is 5.06. The molecule has 0 saturated carbocycles. The van der Waals surface area contributed by atoms with Crippen LogP contribution in [0.5, 0.6) is 0 Å². The maximum Gasteiger partial charge on any atom is 0.118 e. The maximum atomic E-state index is 8.63. The molecule has 1 heterocycles. The van der Waals surface area contributed by atoms with Gasteiger partial charge in [0.15, 0.2) is 0 Å². The van der Waals surface area contributed by atoms with Crippen molar-refractivity contribution in [2.24, 2.45) is 0 Å². The zero-order chi connectivity index (χ0) is 11.6. The molecule has 0 aromatic rings. The highest BCUT2D eigenvalue weighted by atomic mass is 16.5. The van der Waals surface area contributed by atoms with E-state index < -0.39 is 0 Å². The van der Waals surface area contributed by atoms with Crippen LogP contribution in [0.3, 0.4) is 0 Å². The molecule has 0 spiro atoms. The van der Waals surface area contributed by atoms with Gasteiger partial charge in [-0.3, -0.25) is 0 Å². The molecule has 2 atom stereocenters. The van der Waals surface area contributed by atoms with Gasteiger partial charge in [-0.1, -0.05) is 44.4 Å². The van der Waals surface area contributed by atoms with Crippen molar-refractivity contribution < 1.29 is 9.84 Å². The lowest BCUT2D eigenvalue weighted by Crippen LogP contribution is -2.26. The van der Waals surface area contributed by atoms with Gasteiger partial charge in [-0.05, 0) is 25.7 Å². The molecule has 0 bridgehead atoms.